The molecule has 0 saturated carbocycles. The molecule has 0 spiro atoms. The van der Waals surface area contributed by atoms with Crippen LogP contribution in [0.4, 0.5) is 0 Å². The quantitative estimate of drug-likeness (QED) is 0.339. The Morgan fingerprint density at radius 3 is 2.05 bits per heavy atom. The van der Waals surface area contributed by atoms with Gasteiger partial charge < -0.3 is 9.84 Å². The van der Waals surface area contributed by atoms with E-state index in [9.17, 15) is 14.4 Å². The van der Waals surface area contributed by atoms with Crippen LogP contribution >= 0.6 is 0 Å². The van der Waals surface area contributed by atoms with Gasteiger partial charge in [0.25, 0.3) is 0 Å². The molecule has 0 radical (unpaired) electrons. The van der Waals surface area contributed by atoms with Crippen LogP contribution in [0, 0.1) is 5.92 Å². The summed E-state index contributed by atoms with van der Waals surface area (Å²) in [7, 11) is 0. The first-order valence-electron chi connectivity index (χ1n) is 7.38. The summed E-state index contributed by atoms with van der Waals surface area (Å²) >= 11 is 0. The first-order valence-corrected chi connectivity index (χ1v) is 7.38. The molecule has 0 rings (SSSR count). The van der Waals surface area contributed by atoms with E-state index >= 15 is 0 Å². The maximum atomic E-state index is 11.1. The van der Waals surface area contributed by atoms with Crippen LogP contribution in [-0.2, 0) is 19.1 Å². The van der Waals surface area contributed by atoms with E-state index in [1.807, 2.05) is 0 Å². The fourth-order valence-electron chi connectivity index (χ4n) is 2.06. The molecule has 0 aliphatic carbocycles. The Balaban J connectivity index is 3.47. The molecule has 0 amide bonds. The molecular formula is C15H26O5. The number of esters is 1. The van der Waals surface area contributed by atoms with Gasteiger partial charge in [0.1, 0.15) is 11.7 Å². The second-order valence-electron chi connectivity index (χ2n) is 4.97. The fraction of sp³-hybridized carbons (Fsp3) is 0.800. The lowest BCUT2D eigenvalue weighted by atomic mass is 9.97. The van der Waals surface area contributed by atoms with Gasteiger partial charge in [0.05, 0.1) is 6.61 Å². The van der Waals surface area contributed by atoms with Crippen molar-refractivity contribution >= 4 is 17.7 Å². The average Bonchev–Trinajstić information content (AvgIpc) is 2.36. The Hall–Kier alpha value is -1.39. The molecule has 0 fully saturated rings. The number of aliphatic carboxylic acids is 1. The normalized spacial score (nSPS) is 11.9. The first kappa shape index (κ1) is 18.6. The molecule has 1 unspecified atom stereocenters. The predicted molar refractivity (Wildman–Crippen MR) is 75.4 cm³/mol. The molecule has 0 aliphatic heterocycles. The molecule has 20 heavy (non-hydrogen) atoms. The van der Waals surface area contributed by atoms with E-state index < -0.39 is 11.9 Å². The highest BCUT2D eigenvalue weighted by molar-refractivity contribution is 5.96. The predicted octanol–water partition coefficient (Wildman–Crippen LogP) is 2.96. The third kappa shape index (κ3) is 9.53. The van der Waals surface area contributed by atoms with Crippen molar-refractivity contribution < 1.29 is 24.2 Å². The SMILES string of the molecule is CCOC(=O)CCCCCCCCC(C(C)=O)C(=O)O. The minimum atomic E-state index is -1.02. The molecule has 5 nitrogen and oxygen atoms in total. The lowest BCUT2D eigenvalue weighted by molar-refractivity contribution is -0.146. The smallest absolute Gasteiger partial charge is 0.314 e. The molecular weight excluding hydrogens is 260 g/mol. The van der Waals surface area contributed by atoms with E-state index in [2.05, 4.69) is 0 Å². The topological polar surface area (TPSA) is 80.7 Å². The van der Waals surface area contributed by atoms with Crippen LogP contribution in [0.5, 0.6) is 0 Å². The number of ketones is 1. The van der Waals surface area contributed by atoms with Gasteiger partial charge in [-0.25, -0.2) is 0 Å². The molecule has 0 aliphatic rings. The summed E-state index contributed by atoms with van der Waals surface area (Å²) in [5.41, 5.74) is 0. The van der Waals surface area contributed by atoms with Gasteiger partial charge in [0.2, 0.25) is 0 Å². The van der Waals surface area contributed by atoms with Crippen molar-refractivity contribution in [1.82, 2.24) is 0 Å². The van der Waals surface area contributed by atoms with Crippen molar-refractivity contribution in [1.29, 1.82) is 0 Å². The van der Waals surface area contributed by atoms with Crippen molar-refractivity contribution in [3.8, 4) is 0 Å². The molecule has 0 aromatic carbocycles. The monoisotopic (exact) mass is 286 g/mol. The third-order valence-electron chi connectivity index (χ3n) is 3.22. The van der Waals surface area contributed by atoms with Crippen LogP contribution in [0.15, 0.2) is 0 Å². The highest BCUT2D eigenvalue weighted by Crippen LogP contribution is 2.14. The number of unbranched alkanes of at least 4 members (excludes halogenated alkanes) is 5. The van der Waals surface area contributed by atoms with Gasteiger partial charge in [-0.2, -0.15) is 0 Å². The zero-order chi connectivity index (χ0) is 15.4. The Bertz CT molecular complexity index is 297. The molecule has 0 bridgehead atoms. The van der Waals surface area contributed by atoms with E-state index in [-0.39, 0.29) is 11.8 Å². The van der Waals surface area contributed by atoms with Crippen LogP contribution in [0.2, 0.25) is 0 Å². The highest BCUT2D eigenvalue weighted by Gasteiger charge is 2.21. The van der Waals surface area contributed by atoms with Gasteiger partial charge >= 0.3 is 11.9 Å². The van der Waals surface area contributed by atoms with Crippen LogP contribution in [0.1, 0.15) is 65.2 Å². The molecule has 0 aromatic heterocycles. The summed E-state index contributed by atoms with van der Waals surface area (Å²) in [5.74, 6) is -2.28. The molecule has 0 heterocycles. The second kappa shape index (κ2) is 11.4. The Labute approximate surface area is 120 Å². The van der Waals surface area contributed by atoms with Gasteiger partial charge in [-0.05, 0) is 26.7 Å². The average molecular weight is 286 g/mol. The third-order valence-corrected chi connectivity index (χ3v) is 3.22. The zero-order valence-corrected chi connectivity index (χ0v) is 12.5. The molecule has 116 valence electrons. The lowest BCUT2D eigenvalue weighted by Gasteiger charge is -2.08. The van der Waals surface area contributed by atoms with Gasteiger partial charge in [0, 0.05) is 6.42 Å². The van der Waals surface area contributed by atoms with Crippen molar-refractivity contribution in [3.05, 3.63) is 0 Å². The van der Waals surface area contributed by atoms with Crippen LogP contribution in [0.25, 0.3) is 0 Å². The van der Waals surface area contributed by atoms with Gasteiger partial charge in [-0.1, -0.05) is 32.1 Å². The number of carbonyl (C=O) groups is 3. The molecule has 0 aromatic rings. The maximum Gasteiger partial charge on any atom is 0.314 e. The van der Waals surface area contributed by atoms with Crippen LogP contribution < -0.4 is 0 Å². The fourth-order valence-corrected chi connectivity index (χ4v) is 2.06. The lowest BCUT2D eigenvalue weighted by Crippen LogP contribution is -2.21. The van der Waals surface area contributed by atoms with Crippen molar-refractivity contribution in [3.63, 3.8) is 0 Å². The van der Waals surface area contributed by atoms with Crippen molar-refractivity contribution in [2.75, 3.05) is 6.61 Å². The Morgan fingerprint density at radius 2 is 1.55 bits per heavy atom. The summed E-state index contributed by atoms with van der Waals surface area (Å²) < 4.78 is 4.83. The number of carboxylic acids is 1. The maximum absolute atomic E-state index is 11.1. The summed E-state index contributed by atoms with van der Waals surface area (Å²) in [4.78, 5) is 33.0. The number of hydrogen-bond donors (Lipinski definition) is 1. The standard InChI is InChI=1S/C15H26O5/c1-3-20-14(17)11-9-7-5-4-6-8-10-13(12(2)16)15(18)19/h13H,3-11H2,1-2H3,(H,18,19). The van der Waals surface area contributed by atoms with E-state index in [4.69, 9.17) is 9.84 Å². The number of carboxylic acid groups (broad SMARTS) is 1. The second-order valence-corrected chi connectivity index (χ2v) is 4.97. The zero-order valence-electron chi connectivity index (χ0n) is 12.5. The minimum Gasteiger partial charge on any atom is -0.481 e. The molecule has 5 heteroatoms. The van der Waals surface area contributed by atoms with Gasteiger partial charge in [-0.3, -0.25) is 14.4 Å². The number of Topliss-reactive ketones (excluding diaryl/α,β-unsaturated/α-hetero) is 1. The van der Waals surface area contributed by atoms with E-state index in [1.54, 1.807) is 6.92 Å². The van der Waals surface area contributed by atoms with Crippen molar-refractivity contribution in [2.24, 2.45) is 5.92 Å². The van der Waals surface area contributed by atoms with Crippen LogP contribution in [-0.4, -0.2) is 29.4 Å². The first-order chi connectivity index (χ1) is 9.49. The number of ether oxygens (including phenoxy) is 1. The Morgan fingerprint density at radius 1 is 1.00 bits per heavy atom. The van der Waals surface area contributed by atoms with E-state index in [1.165, 1.54) is 6.92 Å². The number of rotatable bonds is 12. The largest absolute Gasteiger partial charge is 0.481 e. The van der Waals surface area contributed by atoms with E-state index in [0.29, 0.717) is 19.4 Å². The number of carbonyl (C=O) groups excluding carboxylic acids is 2. The van der Waals surface area contributed by atoms with Crippen molar-refractivity contribution in [2.45, 2.75) is 65.2 Å². The molecule has 1 atom stereocenters. The summed E-state index contributed by atoms with van der Waals surface area (Å²) in [6.07, 6.45) is 6.43. The molecule has 1 N–H and O–H groups in total. The summed E-state index contributed by atoms with van der Waals surface area (Å²) in [6, 6.07) is 0. The molecule has 0 saturated heterocycles. The van der Waals surface area contributed by atoms with Gasteiger partial charge in [0.15, 0.2) is 0 Å². The summed E-state index contributed by atoms with van der Waals surface area (Å²) in [5, 5.41) is 8.85. The number of hydrogen-bond acceptors (Lipinski definition) is 4. The highest BCUT2D eigenvalue weighted by atomic mass is 16.5. The minimum absolute atomic E-state index is 0.141. The van der Waals surface area contributed by atoms with Gasteiger partial charge in [-0.15, -0.1) is 0 Å². The van der Waals surface area contributed by atoms with Crippen LogP contribution in [0.3, 0.4) is 0 Å². The van der Waals surface area contributed by atoms with E-state index in [0.717, 1.165) is 38.5 Å². The Kier molecular flexibility index (Phi) is 10.6. The summed E-state index contributed by atoms with van der Waals surface area (Å²) in [6.45, 7) is 3.55.